The van der Waals surface area contributed by atoms with Gasteiger partial charge in [0.1, 0.15) is 17.3 Å². The maximum Gasteiger partial charge on any atom is 0.200 e. The van der Waals surface area contributed by atoms with Crippen LogP contribution in [0.3, 0.4) is 0 Å². The summed E-state index contributed by atoms with van der Waals surface area (Å²) in [5, 5.41) is 13.7. The molecule has 3 aliphatic rings. The summed E-state index contributed by atoms with van der Waals surface area (Å²) in [4.78, 5) is 4.70. The Balaban J connectivity index is 1.05. The van der Waals surface area contributed by atoms with E-state index in [0.29, 0.717) is 0 Å². The van der Waals surface area contributed by atoms with E-state index in [1.807, 2.05) is 24.4 Å². The molecule has 0 N–H and O–H groups in total. The monoisotopic (exact) mass is 660 g/mol. The van der Waals surface area contributed by atoms with Crippen LogP contribution >= 0.6 is 0 Å². The summed E-state index contributed by atoms with van der Waals surface area (Å²) < 4.78 is 11.1. The minimum absolute atomic E-state index is 0.778. The molecular weight excluding hydrogens is 629 g/mol. The third-order valence-corrected chi connectivity index (χ3v) is 16.3. The van der Waals surface area contributed by atoms with E-state index in [0.717, 1.165) is 40.5 Å². The molecule has 0 amide bonds. The molecule has 11 rings (SSSR count). The van der Waals surface area contributed by atoms with Gasteiger partial charge in [0.2, 0.25) is 0 Å². The fraction of sp³-hybridized carbons (Fsp3) is 0.0909. The van der Waals surface area contributed by atoms with E-state index in [1.54, 1.807) is 10.8 Å². The Morgan fingerprint density at radius 3 is 2.26 bits per heavy atom. The highest BCUT2D eigenvalue weighted by Crippen LogP contribution is 2.46. The van der Waals surface area contributed by atoms with Crippen LogP contribution in [0, 0.1) is 0 Å². The molecule has 8 aromatic rings. The summed E-state index contributed by atoms with van der Waals surface area (Å²) >= 11 is 0. The van der Waals surface area contributed by atoms with Gasteiger partial charge in [-0.1, -0.05) is 84.1 Å². The van der Waals surface area contributed by atoms with Gasteiger partial charge in [0.05, 0.1) is 28.2 Å². The van der Waals surface area contributed by atoms with Crippen molar-refractivity contribution < 1.29 is 4.74 Å². The highest BCUT2D eigenvalue weighted by Gasteiger charge is 2.57. The molecular formula is C44H32N4OSi. The van der Waals surface area contributed by atoms with Crippen molar-refractivity contribution >= 4 is 51.1 Å². The zero-order valence-corrected chi connectivity index (χ0v) is 28.4. The number of allylic oxidation sites excluding steroid dienone is 2. The number of nitrogens with zero attached hydrogens (tertiary/aromatic N) is 4. The molecule has 5 nitrogen and oxygen atoms in total. The van der Waals surface area contributed by atoms with E-state index in [-0.39, 0.29) is 0 Å². The minimum atomic E-state index is -2.51. The molecule has 0 radical (unpaired) electrons. The van der Waals surface area contributed by atoms with Gasteiger partial charge in [-0.15, -0.1) is 0 Å². The van der Waals surface area contributed by atoms with Gasteiger partial charge in [-0.2, -0.15) is 5.10 Å². The molecule has 6 heteroatoms. The average Bonchev–Trinajstić information content (AvgIpc) is 3.91. The first-order valence-electron chi connectivity index (χ1n) is 17.5. The molecule has 1 spiro atoms. The summed E-state index contributed by atoms with van der Waals surface area (Å²) in [7, 11) is -2.51. The lowest BCUT2D eigenvalue weighted by Crippen LogP contribution is -2.67. The standard InChI is InChI=1S/C44H32N4OSi/c1-5-18-38-32(14-1)33-24-23-31(27-39(33)47(38)43-22-9-10-25-45-43)49-30-13-11-12-29(26-30)48-44-37(28-46-48)36-17-4-8-21-42(36)50(44)40-19-6-2-15-34(40)35-16-3-7-20-41(35)50/h1-2,4-6,8-15,17-19,21-28H,3,7,16,20H2. The number of hydrogen-bond acceptors (Lipinski definition) is 3. The molecule has 0 saturated heterocycles. The summed E-state index contributed by atoms with van der Waals surface area (Å²) in [6, 6.07) is 47.7. The second-order valence-corrected chi connectivity index (χ2v) is 17.3. The van der Waals surface area contributed by atoms with Gasteiger partial charge < -0.3 is 4.74 Å². The SMILES string of the molecule is c1ccc(-n2c3ccccc3c3ccc(Oc4cccc(-n5ncc6c5[Si]5(C7=C(CCCC7)c7ccccc75)c5ccccc5-6)c4)cc32)nc1. The molecule has 1 atom stereocenters. The number of pyridine rings is 1. The smallest absolute Gasteiger partial charge is 0.200 e. The van der Waals surface area contributed by atoms with E-state index >= 15 is 0 Å². The van der Waals surface area contributed by atoms with Crippen LogP contribution in [0.2, 0.25) is 0 Å². The van der Waals surface area contributed by atoms with Crippen LogP contribution in [0.4, 0.5) is 0 Å². The van der Waals surface area contributed by atoms with Crippen molar-refractivity contribution in [3.05, 3.63) is 157 Å². The van der Waals surface area contributed by atoms with Crippen LogP contribution in [-0.2, 0) is 0 Å². The summed E-state index contributed by atoms with van der Waals surface area (Å²) in [5.41, 5.74) is 8.90. The van der Waals surface area contributed by atoms with Crippen molar-refractivity contribution in [1.82, 2.24) is 19.3 Å². The largest absolute Gasteiger partial charge is 0.457 e. The molecule has 5 heterocycles. The summed E-state index contributed by atoms with van der Waals surface area (Å²) in [6.07, 6.45) is 8.79. The molecule has 2 aliphatic heterocycles. The van der Waals surface area contributed by atoms with Crippen LogP contribution in [0.1, 0.15) is 31.2 Å². The molecule has 1 unspecified atom stereocenters. The van der Waals surface area contributed by atoms with Crippen LogP contribution in [0.15, 0.2) is 151 Å². The fourth-order valence-corrected chi connectivity index (χ4v) is 15.3. The number of fused-ring (bicyclic) bond motifs is 12. The quantitative estimate of drug-likeness (QED) is 0.178. The fourth-order valence-electron chi connectivity index (χ4n) is 9.27. The molecule has 0 fully saturated rings. The van der Waals surface area contributed by atoms with Crippen molar-refractivity contribution in [1.29, 1.82) is 0 Å². The maximum atomic E-state index is 6.68. The van der Waals surface area contributed by atoms with Crippen LogP contribution in [-0.4, -0.2) is 27.4 Å². The van der Waals surface area contributed by atoms with Gasteiger partial charge in [-0.3, -0.25) is 4.57 Å². The Kier molecular flexibility index (Phi) is 5.87. The Labute approximate surface area is 290 Å². The van der Waals surface area contributed by atoms with E-state index in [4.69, 9.17) is 14.8 Å². The number of para-hydroxylation sites is 1. The van der Waals surface area contributed by atoms with Crippen LogP contribution < -0.4 is 20.4 Å². The van der Waals surface area contributed by atoms with Crippen molar-refractivity contribution in [3.8, 4) is 34.1 Å². The zero-order chi connectivity index (χ0) is 32.8. The van der Waals surface area contributed by atoms with E-state index < -0.39 is 8.07 Å². The lowest BCUT2D eigenvalue weighted by molar-refractivity contribution is 0.483. The third kappa shape index (κ3) is 3.71. The summed E-state index contributed by atoms with van der Waals surface area (Å²) in [5.74, 6) is 2.44. The van der Waals surface area contributed by atoms with Gasteiger partial charge in [0, 0.05) is 34.7 Å². The Morgan fingerprint density at radius 2 is 1.36 bits per heavy atom. The number of ether oxygens (including phenoxy) is 1. The van der Waals surface area contributed by atoms with E-state index in [1.165, 1.54) is 62.4 Å². The van der Waals surface area contributed by atoms with Crippen LogP contribution in [0.25, 0.3) is 50.0 Å². The summed E-state index contributed by atoms with van der Waals surface area (Å²) in [6.45, 7) is 0. The topological polar surface area (TPSA) is 44.9 Å². The van der Waals surface area contributed by atoms with Crippen molar-refractivity contribution in [2.24, 2.45) is 0 Å². The first-order valence-corrected chi connectivity index (χ1v) is 19.5. The predicted molar refractivity (Wildman–Crippen MR) is 204 cm³/mol. The number of benzene rings is 5. The molecule has 5 aromatic carbocycles. The lowest BCUT2D eigenvalue weighted by atomic mass is 9.94. The second kappa shape index (κ2) is 10.5. The van der Waals surface area contributed by atoms with Gasteiger partial charge in [-0.05, 0) is 95.2 Å². The first kappa shape index (κ1) is 27.9. The number of hydrogen-bond donors (Lipinski definition) is 0. The minimum Gasteiger partial charge on any atom is -0.457 e. The first-order chi connectivity index (χ1) is 24.8. The predicted octanol–water partition coefficient (Wildman–Crippen LogP) is 8.49. The average molecular weight is 661 g/mol. The normalized spacial score (nSPS) is 17.3. The molecule has 0 saturated carbocycles. The Morgan fingerprint density at radius 1 is 0.600 bits per heavy atom. The zero-order valence-electron chi connectivity index (χ0n) is 27.4. The van der Waals surface area contributed by atoms with Crippen molar-refractivity contribution in [2.45, 2.75) is 25.7 Å². The Bertz CT molecular complexity index is 2700. The number of aromatic nitrogens is 4. The second-order valence-electron chi connectivity index (χ2n) is 13.6. The van der Waals surface area contributed by atoms with E-state index in [9.17, 15) is 0 Å². The third-order valence-electron chi connectivity index (χ3n) is 11.1. The van der Waals surface area contributed by atoms with Crippen LogP contribution in [0.5, 0.6) is 11.5 Å². The Hall–Kier alpha value is -5.98. The maximum absolute atomic E-state index is 6.68. The molecule has 238 valence electrons. The van der Waals surface area contributed by atoms with Crippen molar-refractivity contribution in [2.75, 3.05) is 0 Å². The van der Waals surface area contributed by atoms with Gasteiger partial charge >= 0.3 is 0 Å². The van der Waals surface area contributed by atoms with Gasteiger partial charge in [-0.25, -0.2) is 9.67 Å². The number of rotatable bonds is 4. The van der Waals surface area contributed by atoms with Gasteiger partial charge in [0.15, 0.2) is 8.07 Å². The van der Waals surface area contributed by atoms with Crippen molar-refractivity contribution in [3.63, 3.8) is 0 Å². The van der Waals surface area contributed by atoms with E-state index in [2.05, 4.69) is 131 Å². The highest BCUT2D eigenvalue weighted by atomic mass is 28.3. The van der Waals surface area contributed by atoms with Gasteiger partial charge in [0.25, 0.3) is 0 Å². The molecule has 1 aliphatic carbocycles. The molecule has 3 aromatic heterocycles. The molecule has 0 bridgehead atoms. The molecule has 50 heavy (non-hydrogen) atoms. The highest BCUT2D eigenvalue weighted by molar-refractivity contribution is 7.20. The lowest BCUT2D eigenvalue weighted by Gasteiger charge is -2.31.